The summed E-state index contributed by atoms with van der Waals surface area (Å²) in [4.78, 5) is 5.14. The monoisotopic (exact) mass is 198 g/mol. The summed E-state index contributed by atoms with van der Waals surface area (Å²) in [6, 6.07) is 0. The van der Waals surface area contributed by atoms with Crippen LogP contribution >= 0.6 is 0 Å². The van der Waals surface area contributed by atoms with E-state index in [9.17, 15) is 0 Å². The van der Waals surface area contributed by atoms with Crippen LogP contribution in [0.15, 0.2) is 5.11 Å². The van der Waals surface area contributed by atoms with Crippen molar-refractivity contribution in [3.63, 3.8) is 0 Å². The summed E-state index contributed by atoms with van der Waals surface area (Å²) in [6.45, 7) is 4.81. The summed E-state index contributed by atoms with van der Waals surface area (Å²) in [6.07, 6.45) is 2.19. The molecule has 1 fully saturated rings. The van der Waals surface area contributed by atoms with E-state index in [1.165, 1.54) is 6.42 Å². The molecule has 0 N–H and O–H groups in total. The standard InChI is InChI=1S/C9H18N4O/c1-14-8-9-3-6-13(7-9)5-2-4-11-12-10/h9H,2-8H2,1H3. The van der Waals surface area contributed by atoms with Gasteiger partial charge in [-0.05, 0) is 37.4 Å². The SMILES string of the molecule is COCC1CCN(CCCN=[N+]=[N-])C1. The molecule has 14 heavy (non-hydrogen) atoms. The van der Waals surface area contributed by atoms with Gasteiger partial charge < -0.3 is 9.64 Å². The van der Waals surface area contributed by atoms with Crippen LogP contribution in [0.3, 0.4) is 0 Å². The second kappa shape index (κ2) is 6.65. The van der Waals surface area contributed by atoms with Gasteiger partial charge in [-0.3, -0.25) is 0 Å². The first kappa shape index (κ1) is 11.3. The van der Waals surface area contributed by atoms with Crippen LogP contribution < -0.4 is 0 Å². The maximum atomic E-state index is 8.10. The summed E-state index contributed by atoms with van der Waals surface area (Å²) in [5.74, 6) is 0.694. The van der Waals surface area contributed by atoms with E-state index >= 15 is 0 Å². The van der Waals surface area contributed by atoms with Crippen LogP contribution in [0.4, 0.5) is 0 Å². The topological polar surface area (TPSA) is 61.2 Å². The minimum absolute atomic E-state index is 0.613. The Labute approximate surface area is 84.7 Å². The van der Waals surface area contributed by atoms with Crippen LogP contribution in [-0.2, 0) is 4.74 Å². The average Bonchev–Trinajstić information content (AvgIpc) is 2.61. The fraction of sp³-hybridized carbons (Fsp3) is 1.00. The van der Waals surface area contributed by atoms with Gasteiger partial charge in [-0.2, -0.15) is 0 Å². The Bertz CT molecular complexity index is 203. The molecule has 0 aliphatic carbocycles. The second-order valence-electron chi connectivity index (χ2n) is 3.72. The third kappa shape index (κ3) is 3.96. The van der Waals surface area contributed by atoms with Gasteiger partial charge in [0.25, 0.3) is 0 Å². The molecule has 1 rings (SSSR count). The Morgan fingerprint density at radius 3 is 3.21 bits per heavy atom. The van der Waals surface area contributed by atoms with Crippen molar-refractivity contribution in [3.05, 3.63) is 10.4 Å². The van der Waals surface area contributed by atoms with Crippen molar-refractivity contribution < 1.29 is 4.74 Å². The van der Waals surface area contributed by atoms with Crippen molar-refractivity contribution in [1.82, 2.24) is 4.90 Å². The summed E-state index contributed by atoms with van der Waals surface area (Å²) >= 11 is 0. The lowest BCUT2D eigenvalue weighted by Gasteiger charge is -2.14. The molecule has 0 amide bonds. The Hall–Kier alpha value is -0.770. The number of nitrogens with zero attached hydrogens (tertiary/aromatic N) is 4. The van der Waals surface area contributed by atoms with Gasteiger partial charge >= 0.3 is 0 Å². The number of ether oxygens (including phenoxy) is 1. The molecule has 1 atom stereocenters. The highest BCUT2D eigenvalue weighted by molar-refractivity contribution is 4.75. The maximum Gasteiger partial charge on any atom is 0.0503 e. The van der Waals surface area contributed by atoms with Gasteiger partial charge in [0.2, 0.25) is 0 Å². The number of rotatable bonds is 6. The van der Waals surface area contributed by atoms with Crippen LogP contribution in [0.2, 0.25) is 0 Å². The van der Waals surface area contributed by atoms with Crippen molar-refractivity contribution in [2.45, 2.75) is 12.8 Å². The molecule has 0 aromatic rings. The Balaban J connectivity index is 2.06. The lowest BCUT2D eigenvalue weighted by molar-refractivity contribution is 0.153. The van der Waals surface area contributed by atoms with E-state index in [2.05, 4.69) is 14.9 Å². The van der Waals surface area contributed by atoms with E-state index in [1.54, 1.807) is 7.11 Å². The zero-order valence-electron chi connectivity index (χ0n) is 8.72. The van der Waals surface area contributed by atoms with Gasteiger partial charge in [-0.15, -0.1) is 0 Å². The van der Waals surface area contributed by atoms with Gasteiger partial charge in [0.1, 0.15) is 0 Å². The van der Waals surface area contributed by atoms with Crippen molar-refractivity contribution in [3.8, 4) is 0 Å². The Morgan fingerprint density at radius 1 is 1.64 bits per heavy atom. The molecule has 0 spiro atoms. The quantitative estimate of drug-likeness (QED) is 0.282. The molecule has 0 bridgehead atoms. The van der Waals surface area contributed by atoms with Crippen LogP contribution in [0, 0.1) is 5.92 Å². The third-order valence-corrected chi connectivity index (χ3v) is 2.57. The van der Waals surface area contributed by atoms with Crippen LogP contribution in [-0.4, -0.2) is 44.8 Å². The molecule has 5 nitrogen and oxygen atoms in total. The molecule has 1 heterocycles. The Morgan fingerprint density at radius 2 is 2.50 bits per heavy atom. The molecular formula is C9H18N4O. The molecule has 1 saturated heterocycles. The molecule has 0 saturated carbocycles. The first-order chi connectivity index (χ1) is 6.86. The number of methoxy groups -OCH3 is 1. The second-order valence-corrected chi connectivity index (χ2v) is 3.72. The van der Waals surface area contributed by atoms with E-state index in [4.69, 9.17) is 10.3 Å². The zero-order valence-corrected chi connectivity index (χ0v) is 8.72. The van der Waals surface area contributed by atoms with Crippen LogP contribution in [0.25, 0.3) is 10.4 Å². The first-order valence-corrected chi connectivity index (χ1v) is 5.09. The third-order valence-electron chi connectivity index (χ3n) is 2.57. The van der Waals surface area contributed by atoms with Crippen molar-refractivity contribution in [1.29, 1.82) is 0 Å². The van der Waals surface area contributed by atoms with E-state index in [1.807, 2.05) is 0 Å². The molecule has 1 aliphatic rings. The molecule has 5 heteroatoms. The average molecular weight is 198 g/mol. The van der Waals surface area contributed by atoms with E-state index in [0.717, 1.165) is 32.7 Å². The van der Waals surface area contributed by atoms with Gasteiger partial charge in [0.15, 0.2) is 0 Å². The van der Waals surface area contributed by atoms with E-state index < -0.39 is 0 Å². The molecule has 1 unspecified atom stereocenters. The molecular weight excluding hydrogens is 180 g/mol. The number of hydrogen-bond acceptors (Lipinski definition) is 3. The summed E-state index contributed by atoms with van der Waals surface area (Å²) in [5.41, 5.74) is 8.10. The molecule has 0 radical (unpaired) electrons. The summed E-state index contributed by atoms with van der Waals surface area (Å²) in [5, 5.41) is 3.52. The summed E-state index contributed by atoms with van der Waals surface area (Å²) in [7, 11) is 1.75. The van der Waals surface area contributed by atoms with Gasteiger partial charge in [-0.25, -0.2) is 0 Å². The molecule has 0 aromatic heterocycles. The highest BCUT2D eigenvalue weighted by atomic mass is 16.5. The van der Waals surface area contributed by atoms with Crippen LogP contribution in [0.1, 0.15) is 12.8 Å². The number of likely N-dealkylation sites (tertiary alicyclic amines) is 1. The van der Waals surface area contributed by atoms with Gasteiger partial charge in [0, 0.05) is 25.1 Å². The van der Waals surface area contributed by atoms with Crippen molar-refractivity contribution in [2.24, 2.45) is 11.0 Å². The smallest absolute Gasteiger partial charge is 0.0503 e. The first-order valence-electron chi connectivity index (χ1n) is 5.09. The van der Waals surface area contributed by atoms with Gasteiger partial charge in [-0.1, -0.05) is 5.11 Å². The maximum absolute atomic E-state index is 8.10. The number of hydrogen-bond donors (Lipinski definition) is 0. The predicted octanol–water partition coefficient (Wildman–Crippen LogP) is 1.66. The lowest BCUT2D eigenvalue weighted by Crippen LogP contribution is -2.23. The fourth-order valence-electron chi connectivity index (χ4n) is 1.90. The lowest BCUT2D eigenvalue weighted by atomic mass is 10.1. The highest BCUT2D eigenvalue weighted by Gasteiger charge is 2.21. The van der Waals surface area contributed by atoms with E-state index in [0.29, 0.717) is 12.5 Å². The Kier molecular flexibility index (Phi) is 5.37. The van der Waals surface area contributed by atoms with E-state index in [-0.39, 0.29) is 0 Å². The normalized spacial score (nSPS) is 22.2. The zero-order chi connectivity index (χ0) is 10.2. The number of azide groups is 1. The van der Waals surface area contributed by atoms with Crippen molar-refractivity contribution >= 4 is 0 Å². The van der Waals surface area contributed by atoms with Crippen molar-refractivity contribution in [2.75, 3.05) is 39.9 Å². The molecule has 1 aliphatic heterocycles. The highest BCUT2D eigenvalue weighted by Crippen LogP contribution is 2.16. The van der Waals surface area contributed by atoms with Crippen LogP contribution in [0.5, 0.6) is 0 Å². The van der Waals surface area contributed by atoms with Gasteiger partial charge in [0.05, 0.1) is 6.61 Å². The fourth-order valence-corrected chi connectivity index (χ4v) is 1.90. The molecule has 0 aromatic carbocycles. The minimum Gasteiger partial charge on any atom is -0.384 e. The minimum atomic E-state index is 0.613. The predicted molar refractivity (Wildman–Crippen MR) is 55.1 cm³/mol. The summed E-state index contributed by atoms with van der Waals surface area (Å²) < 4.78 is 5.12. The molecule has 80 valence electrons. The largest absolute Gasteiger partial charge is 0.384 e.